The Morgan fingerprint density at radius 2 is 2.11 bits per heavy atom. The van der Waals surface area contributed by atoms with E-state index in [4.69, 9.17) is 4.74 Å². The molecule has 1 aromatic carbocycles. The highest BCUT2D eigenvalue weighted by molar-refractivity contribution is 9.08. The monoisotopic (exact) mass is 308 g/mol. The van der Waals surface area contributed by atoms with Crippen molar-refractivity contribution in [3.63, 3.8) is 0 Å². The number of halogens is 1. The third-order valence-electron chi connectivity index (χ3n) is 2.72. The van der Waals surface area contributed by atoms with Gasteiger partial charge in [-0.05, 0) is 11.1 Å². The van der Waals surface area contributed by atoms with E-state index in [2.05, 4.69) is 20.9 Å². The third-order valence-corrected chi connectivity index (χ3v) is 3.32. The summed E-state index contributed by atoms with van der Waals surface area (Å²) in [6, 6.07) is 7.70. The van der Waals surface area contributed by atoms with E-state index in [9.17, 15) is 4.79 Å². The molecule has 2 aromatic rings. The highest BCUT2D eigenvalue weighted by Gasteiger charge is 2.15. The van der Waals surface area contributed by atoms with E-state index in [1.807, 2.05) is 24.3 Å². The van der Waals surface area contributed by atoms with E-state index in [0.29, 0.717) is 16.8 Å². The molecule has 0 N–H and O–H groups in total. The van der Waals surface area contributed by atoms with Gasteiger partial charge in [0.2, 0.25) is 5.88 Å². The smallest absolute Gasteiger partial charge is 0.264 e. The molecule has 0 radical (unpaired) electrons. The maximum Gasteiger partial charge on any atom is 0.264 e. The number of hydrogen-bond acceptors (Lipinski definition) is 3. The number of ether oxygens (including phenoxy) is 1. The van der Waals surface area contributed by atoms with E-state index < -0.39 is 0 Å². The second-order valence-corrected chi connectivity index (χ2v) is 4.40. The summed E-state index contributed by atoms with van der Waals surface area (Å²) in [5.41, 5.74) is 2.26. The predicted molar refractivity (Wildman–Crippen MR) is 74.1 cm³/mol. The fraction of sp³-hybridized carbons (Fsp3) is 0.231. The zero-order valence-electron chi connectivity index (χ0n) is 10.2. The van der Waals surface area contributed by atoms with Crippen molar-refractivity contribution in [3.8, 4) is 17.0 Å². The molecule has 0 bridgehead atoms. The third kappa shape index (κ3) is 2.18. The second kappa shape index (κ2) is 5.35. The van der Waals surface area contributed by atoms with E-state index in [-0.39, 0.29) is 5.56 Å². The summed E-state index contributed by atoms with van der Waals surface area (Å²) in [6.45, 7) is 0. The molecule has 94 valence electrons. The molecular weight excluding hydrogens is 296 g/mol. The molecule has 0 unspecified atom stereocenters. The Hall–Kier alpha value is -1.62. The molecule has 0 fully saturated rings. The molecule has 18 heavy (non-hydrogen) atoms. The average Bonchev–Trinajstić information content (AvgIpc) is 2.41. The van der Waals surface area contributed by atoms with Crippen molar-refractivity contribution in [2.24, 2.45) is 7.05 Å². The van der Waals surface area contributed by atoms with Gasteiger partial charge in [0, 0.05) is 12.4 Å². The summed E-state index contributed by atoms with van der Waals surface area (Å²) in [5, 5.41) is 0.671. The van der Waals surface area contributed by atoms with Gasteiger partial charge in [-0.15, -0.1) is 0 Å². The van der Waals surface area contributed by atoms with E-state index >= 15 is 0 Å². The number of nitrogens with zero attached hydrogens (tertiary/aromatic N) is 2. The van der Waals surface area contributed by atoms with Gasteiger partial charge in [0.05, 0.1) is 7.11 Å². The maximum atomic E-state index is 12.2. The van der Waals surface area contributed by atoms with Crippen LogP contribution in [0.4, 0.5) is 0 Å². The molecule has 0 aliphatic carbocycles. The lowest BCUT2D eigenvalue weighted by Gasteiger charge is -2.11. The molecular formula is C13H13BrN2O2. The maximum absolute atomic E-state index is 12.2. The van der Waals surface area contributed by atoms with Gasteiger partial charge in [-0.2, -0.15) is 0 Å². The van der Waals surface area contributed by atoms with Crippen LogP contribution in [0, 0.1) is 0 Å². The number of alkyl halides is 1. The summed E-state index contributed by atoms with van der Waals surface area (Å²) >= 11 is 3.43. The van der Waals surface area contributed by atoms with Gasteiger partial charge in [0.15, 0.2) is 0 Å². The lowest BCUT2D eigenvalue weighted by molar-refractivity contribution is 0.396. The average molecular weight is 309 g/mol. The highest BCUT2D eigenvalue weighted by atomic mass is 79.9. The number of aryl methyl sites for hydroxylation is 1. The summed E-state index contributed by atoms with van der Waals surface area (Å²) in [4.78, 5) is 16.4. The standard InChI is InChI=1S/C13H13BrN2O2/c1-16-8-15-12(18-2)11(13(16)17)10-6-4-3-5-9(10)7-14/h3-6,8H,7H2,1-2H3. The molecule has 4 nitrogen and oxygen atoms in total. The van der Waals surface area contributed by atoms with Crippen molar-refractivity contribution in [1.82, 2.24) is 9.55 Å². The molecule has 2 rings (SSSR count). The minimum absolute atomic E-state index is 0.116. The van der Waals surface area contributed by atoms with Crippen LogP contribution in [0.5, 0.6) is 5.88 Å². The number of rotatable bonds is 3. The molecule has 5 heteroatoms. The minimum Gasteiger partial charge on any atom is -0.480 e. The van der Waals surface area contributed by atoms with Crippen LogP contribution in [0.15, 0.2) is 35.4 Å². The van der Waals surface area contributed by atoms with Gasteiger partial charge in [-0.3, -0.25) is 4.79 Å². The van der Waals surface area contributed by atoms with Crippen LogP contribution < -0.4 is 10.3 Å². The normalized spacial score (nSPS) is 10.4. The Morgan fingerprint density at radius 3 is 2.78 bits per heavy atom. The largest absolute Gasteiger partial charge is 0.480 e. The van der Waals surface area contributed by atoms with Gasteiger partial charge in [-0.25, -0.2) is 4.98 Å². The molecule has 1 heterocycles. The zero-order chi connectivity index (χ0) is 13.1. The Labute approximate surface area is 113 Å². The van der Waals surface area contributed by atoms with Crippen LogP contribution in [0.3, 0.4) is 0 Å². The Morgan fingerprint density at radius 1 is 1.39 bits per heavy atom. The molecule has 0 spiro atoms. The van der Waals surface area contributed by atoms with Crippen molar-refractivity contribution in [2.75, 3.05) is 7.11 Å². The fourth-order valence-electron chi connectivity index (χ4n) is 1.79. The molecule has 0 aliphatic heterocycles. The van der Waals surface area contributed by atoms with E-state index in [1.54, 1.807) is 7.05 Å². The van der Waals surface area contributed by atoms with Gasteiger partial charge >= 0.3 is 0 Å². The van der Waals surface area contributed by atoms with Crippen molar-refractivity contribution >= 4 is 15.9 Å². The summed E-state index contributed by atoms with van der Waals surface area (Å²) in [5.74, 6) is 0.353. The number of aromatic nitrogens is 2. The number of benzene rings is 1. The van der Waals surface area contributed by atoms with E-state index in [0.717, 1.165) is 11.1 Å². The lowest BCUT2D eigenvalue weighted by atomic mass is 10.0. The van der Waals surface area contributed by atoms with Crippen LogP contribution in [-0.2, 0) is 12.4 Å². The Kier molecular flexibility index (Phi) is 3.81. The molecule has 0 aliphatic rings. The van der Waals surface area contributed by atoms with Gasteiger partial charge in [0.1, 0.15) is 11.9 Å². The first kappa shape index (κ1) is 12.8. The van der Waals surface area contributed by atoms with Crippen molar-refractivity contribution in [2.45, 2.75) is 5.33 Å². The Balaban J connectivity index is 2.77. The van der Waals surface area contributed by atoms with Gasteiger partial charge in [-0.1, -0.05) is 40.2 Å². The van der Waals surface area contributed by atoms with Crippen molar-refractivity contribution in [3.05, 3.63) is 46.5 Å². The summed E-state index contributed by atoms with van der Waals surface area (Å²) in [7, 11) is 3.19. The second-order valence-electron chi connectivity index (χ2n) is 3.84. The Bertz CT molecular complexity index is 623. The number of methoxy groups -OCH3 is 1. The predicted octanol–water partition coefficient (Wildman–Crippen LogP) is 2.35. The molecule has 0 saturated carbocycles. The first-order valence-electron chi connectivity index (χ1n) is 5.43. The highest BCUT2D eigenvalue weighted by Crippen LogP contribution is 2.28. The first-order valence-corrected chi connectivity index (χ1v) is 6.55. The van der Waals surface area contributed by atoms with Crippen LogP contribution in [-0.4, -0.2) is 16.7 Å². The molecule has 0 atom stereocenters. The van der Waals surface area contributed by atoms with Crippen molar-refractivity contribution in [1.29, 1.82) is 0 Å². The molecule has 0 amide bonds. The lowest BCUT2D eigenvalue weighted by Crippen LogP contribution is -2.20. The van der Waals surface area contributed by atoms with E-state index in [1.165, 1.54) is 18.0 Å². The fourth-order valence-corrected chi connectivity index (χ4v) is 2.28. The van der Waals surface area contributed by atoms with Crippen LogP contribution >= 0.6 is 15.9 Å². The molecule has 1 aromatic heterocycles. The van der Waals surface area contributed by atoms with Crippen LogP contribution in [0.1, 0.15) is 5.56 Å². The SMILES string of the molecule is COc1ncn(C)c(=O)c1-c1ccccc1CBr. The van der Waals surface area contributed by atoms with Crippen LogP contribution in [0.2, 0.25) is 0 Å². The van der Waals surface area contributed by atoms with Crippen molar-refractivity contribution < 1.29 is 4.74 Å². The summed E-state index contributed by atoms with van der Waals surface area (Å²) < 4.78 is 6.64. The number of hydrogen-bond donors (Lipinski definition) is 0. The quantitative estimate of drug-likeness (QED) is 0.818. The van der Waals surface area contributed by atoms with Gasteiger partial charge in [0.25, 0.3) is 5.56 Å². The topological polar surface area (TPSA) is 44.1 Å². The van der Waals surface area contributed by atoms with Crippen LogP contribution in [0.25, 0.3) is 11.1 Å². The van der Waals surface area contributed by atoms with Gasteiger partial charge < -0.3 is 9.30 Å². The summed E-state index contributed by atoms with van der Waals surface area (Å²) in [6.07, 6.45) is 1.46. The zero-order valence-corrected chi connectivity index (χ0v) is 11.8. The minimum atomic E-state index is -0.116. The first-order chi connectivity index (χ1) is 8.69. The molecule has 0 saturated heterocycles.